The first-order valence-electron chi connectivity index (χ1n) is 6.40. The molecular formula is C15H15NO4S. The van der Waals surface area contributed by atoms with Crippen molar-refractivity contribution in [2.24, 2.45) is 0 Å². The number of phenolic OH excluding ortho intramolecular Hbond substituents is 1. The molecule has 0 spiro atoms. The Morgan fingerprint density at radius 3 is 2.62 bits per heavy atom. The maximum Gasteiger partial charge on any atom is 0.338 e. The van der Waals surface area contributed by atoms with E-state index in [1.807, 2.05) is 17.5 Å². The summed E-state index contributed by atoms with van der Waals surface area (Å²) in [5, 5.41) is 13.8. The Labute approximate surface area is 126 Å². The predicted octanol–water partition coefficient (Wildman–Crippen LogP) is 1.97. The van der Waals surface area contributed by atoms with Crippen molar-refractivity contribution in [3.63, 3.8) is 0 Å². The summed E-state index contributed by atoms with van der Waals surface area (Å²) >= 11 is 1.63. The van der Waals surface area contributed by atoms with Crippen molar-refractivity contribution in [3.05, 3.63) is 52.2 Å². The molecule has 0 bridgehead atoms. The molecular weight excluding hydrogens is 290 g/mol. The van der Waals surface area contributed by atoms with Crippen LogP contribution in [0.1, 0.15) is 15.2 Å². The van der Waals surface area contributed by atoms with Gasteiger partial charge in [-0.1, -0.05) is 6.07 Å². The van der Waals surface area contributed by atoms with Gasteiger partial charge in [-0.3, -0.25) is 4.79 Å². The number of thiophene rings is 1. The van der Waals surface area contributed by atoms with Crippen LogP contribution in [0, 0.1) is 0 Å². The Kier molecular flexibility index (Phi) is 5.34. The van der Waals surface area contributed by atoms with E-state index in [0.29, 0.717) is 12.1 Å². The zero-order valence-corrected chi connectivity index (χ0v) is 12.1. The summed E-state index contributed by atoms with van der Waals surface area (Å²) in [6.07, 6.45) is 0.759. The molecule has 0 aliphatic carbocycles. The lowest BCUT2D eigenvalue weighted by molar-refractivity contribution is -0.124. The van der Waals surface area contributed by atoms with Crippen LogP contribution in [-0.2, 0) is 16.0 Å². The molecule has 0 radical (unpaired) electrons. The average Bonchev–Trinajstić information content (AvgIpc) is 2.99. The number of hydrogen-bond donors (Lipinski definition) is 2. The number of ether oxygens (including phenoxy) is 1. The van der Waals surface area contributed by atoms with Gasteiger partial charge in [0, 0.05) is 11.4 Å². The van der Waals surface area contributed by atoms with Gasteiger partial charge in [-0.05, 0) is 42.1 Å². The molecule has 0 aliphatic heterocycles. The molecule has 5 nitrogen and oxygen atoms in total. The largest absolute Gasteiger partial charge is 0.508 e. The van der Waals surface area contributed by atoms with Gasteiger partial charge in [0.25, 0.3) is 5.91 Å². The number of phenols is 1. The van der Waals surface area contributed by atoms with Gasteiger partial charge >= 0.3 is 5.97 Å². The monoisotopic (exact) mass is 305 g/mol. The fraction of sp³-hybridized carbons (Fsp3) is 0.200. The molecule has 0 fully saturated rings. The summed E-state index contributed by atoms with van der Waals surface area (Å²) in [6.45, 7) is 0.195. The number of carbonyl (C=O) groups is 2. The third-order valence-corrected chi connectivity index (χ3v) is 3.65. The van der Waals surface area contributed by atoms with E-state index >= 15 is 0 Å². The van der Waals surface area contributed by atoms with E-state index in [1.54, 1.807) is 11.3 Å². The molecule has 110 valence electrons. The maximum atomic E-state index is 11.6. The minimum atomic E-state index is -0.594. The van der Waals surface area contributed by atoms with Crippen molar-refractivity contribution in [3.8, 4) is 5.75 Å². The molecule has 0 saturated carbocycles. The van der Waals surface area contributed by atoms with Gasteiger partial charge in [-0.25, -0.2) is 4.79 Å². The first-order chi connectivity index (χ1) is 10.1. The van der Waals surface area contributed by atoms with Crippen molar-refractivity contribution in [1.82, 2.24) is 5.32 Å². The molecule has 0 saturated heterocycles. The number of aromatic hydroxyl groups is 1. The second kappa shape index (κ2) is 7.44. The first-order valence-corrected chi connectivity index (χ1v) is 7.28. The molecule has 6 heteroatoms. The quantitative estimate of drug-likeness (QED) is 0.800. The predicted molar refractivity (Wildman–Crippen MR) is 79.4 cm³/mol. The van der Waals surface area contributed by atoms with Gasteiger partial charge < -0.3 is 15.2 Å². The van der Waals surface area contributed by atoms with E-state index < -0.39 is 5.97 Å². The Morgan fingerprint density at radius 1 is 1.19 bits per heavy atom. The van der Waals surface area contributed by atoms with Crippen LogP contribution >= 0.6 is 11.3 Å². The zero-order chi connectivity index (χ0) is 15.1. The van der Waals surface area contributed by atoms with Crippen molar-refractivity contribution >= 4 is 23.2 Å². The molecule has 2 aromatic rings. The summed E-state index contributed by atoms with van der Waals surface area (Å²) in [6, 6.07) is 9.61. The Morgan fingerprint density at radius 2 is 1.95 bits per heavy atom. The van der Waals surface area contributed by atoms with E-state index in [-0.39, 0.29) is 18.3 Å². The summed E-state index contributed by atoms with van der Waals surface area (Å²) < 4.78 is 4.89. The summed E-state index contributed by atoms with van der Waals surface area (Å²) in [5.41, 5.74) is 0.291. The van der Waals surface area contributed by atoms with Crippen molar-refractivity contribution in [1.29, 1.82) is 0 Å². The molecule has 1 aromatic heterocycles. The fourth-order valence-corrected chi connectivity index (χ4v) is 2.35. The number of amides is 1. The second-order valence-corrected chi connectivity index (χ2v) is 5.33. The first kappa shape index (κ1) is 15.1. The molecule has 0 aliphatic rings. The van der Waals surface area contributed by atoms with Crippen LogP contribution in [-0.4, -0.2) is 30.1 Å². The van der Waals surface area contributed by atoms with Gasteiger partial charge in [0.2, 0.25) is 0 Å². The topological polar surface area (TPSA) is 75.6 Å². The Hall–Kier alpha value is -2.34. The number of esters is 1. The van der Waals surface area contributed by atoms with Crippen LogP contribution in [0.15, 0.2) is 41.8 Å². The number of benzene rings is 1. The van der Waals surface area contributed by atoms with Gasteiger partial charge in [0.1, 0.15) is 5.75 Å². The van der Waals surface area contributed by atoms with Crippen LogP contribution in [0.25, 0.3) is 0 Å². The lowest BCUT2D eigenvalue weighted by Gasteiger charge is -2.06. The SMILES string of the molecule is O=C(COC(=O)c1ccc(O)cc1)NCCc1cccs1. The number of hydrogen-bond acceptors (Lipinski definition) is 5. The summed E-state index contributed by atoms with van der Waals surface area (Å²) in [4.78, 5) is 24.4. The zero-order valence-electron chi connectivity index (χ0n) is 11.2. The highest BCUT2D eigenvalue weighted by Crippen LogP contribution is 2.10. The van der Waals surface area contributed by atoms with Crippen molar-refractivity contribution < 1.29 is 19.4 Å². The van der Waals surface area contributed by atoms with Crippen molar-refractivity contribution in [2.75, 3.05) is 13.2 Å². The maximum absolute atomic E-state index is 11.6. The highest BCUT2D eigenvalue weighted by Gasteiger charge is 2.09. The van der Waals surface area contributed by atoms with E-state index in [1.165, 1.54) is 29.1 Å². The number of rotatable bonds is 6. The molecule has 1 amide bonds. The lowest BCUT2D eigenvalue weighted by atomic mass is 10.2. The van der Waals surface area contributed by atoms with Gasteiger partial charge in [-0.2, -0.15) is 0 Å². The average molecular weight is 305 g/mol. The number of carbonyl (C=O) groups excluding carboxylic acids is 2. The van der Waals surface area contributed by atoms with Crippen LogP contribution in [0.2, 0.25) is 0 Å². The minimum Gasteiger partial charge on any atom is -0.508 e. The highest BCUT2D eigenvalue weighted by atomic mass is 32.1. The number of nitrogens with one attached hydrogen (secondary N) is 1. The van der Waals surface area contributed by atoms with Gasteiger partial charge in [0.15, 0.2) is 6.61 Å². The molecule has 2 rings (SSSR count). The fourth-order valence-electron chi connectivity index (χ4n) is 1.64. The normalized spacial score (nSPS) is 10.1. The molecule has 0 unspecified atom stereocenters. The Balaban J connectivity index is 1.68. The smallest absolute Gasteiger partial charge is 0.338 e. The van der Waals surface area contributed by atoms with Gasteiger partial charge in [-0.15, -0.1) is 11.3 Å². The van der Waals surface area contributed by atoms with Crippen LogP contribution in [0.3, 0.4) is 0 Å². The van der Waals surface area contributed by atoms with Crippen LogP contribution in [0.5, 0.6) is 5.75 Å². The third kappa shape index (κ3) is 4.92. The molecule has 1 aromatic carbocycles. The van der Waals surface area contributed by atoms with E-state index in [2.05, 4.69) is 5.32 Å². The second-order valence-electron chi connectivity index (χ2n) is 4.30. The van der Waals surface area contributed by atoms with Crippen LogP contribution in [0.4, 0.5) is 0 Å². The van der Waals surface area contributed by atoms with Crippen molar-refractivity contribution in [2.45, 2.75) is 6.42 Å². The minimum absolute atomic E-state index is 0.0675. The molecule has 0 atom stereocenters. The summed E-state index contributed by atoms with van der Waals surface area (Å²) in [5.74, 6) is -0.861. The van der Waals surface area contributed by atoms with E-state index in [9.17, 15) is 9.59 Å². The molecule has 1 heterocycles. The third-order valence-electron chi connectivity index (χ3n) is 2.71. The van der Waals surface area contributed by atoms with E-state index in [4.69, 9.17) is 9.84 Å². The van der Waals surface area contributed by atoms with Gasteiger partial charge in [0.05, 0.1) is 5.56 Å². The molecule has 2 N–H and O–H groups in total. The van der Waals surface area contributed by atoms with Crippen LogP contribution < -0.4 is 5.32 Å². The summed E-state index contributed by atoms with van der Waals surface area (Å²) in [7, 11) is 0. The molecule has 21 heavy (non-hydrogen) atoms. The highest BCUT2D eigenvalue weighted by molar-refractivity contribution is 7.09. The van der Waals surface area contributed by atoms with E-state index in [0.717, 1.165) is 6.42 Å². The lowest BCUT2D eigenvalue weighted by Crippen LogP contribution is -2.30. The Bertz CT molecular complexity index is 593. The standard InChI is InChI=1S/C15H15NO4S/c17-12-5-3-11(4-6-12)15(19)20-10-14(18)16-8-7-13-2-1-9-21-13/h1-6,9,17H,7-8,10H2,(H,16,18).